The van der Waals surface area contributed by atoms with E-state index in [4.69, 9.17) is 5.73 Å². The maximum atomic E-state index is 12.2. The van der Waals surface area contributed by atoms with Crippen LogP contribution >= 0.6 is 0 Å². The van der Waals surface area contributed by atoms with Crippen molar-refractivity contribution >= 4 is 5.91 Å². The molecule has 0 bridgehead atoms. The van der Waals surface area contributed by atoms with E-state index in [1.165, 1.54) is 22.3 Å². The summed E-state index contributed by atoms with van der Waals surface area (Å²) in [6.45, 7) is 9.40. The minimum absolute atomic E-state index is 0.0592. The zero-order valence-corrected chi connectivity index (χ0v) is 12.8. The van der Waals surface area contributed by atoms with E-state index < -0.39 is 0 Å². The van der Waals surface area contributed by atoms with Gasteiger partial charge in [0.05, 0.1) is 5.92 Å². The van der Waals surface area contributed by atoms with Gasteiger partial charge in [0.2, 0.25) is 5.91 Å². The highest BCUT2D eigenvalue weighted by Gasteiger charge is 2.19. The fourth-order valence-electron chi connectivity index (χ4n) is 2.53. The van der Waals surface area contributed by atoms with E-state index in [-0.39, 0.29) is 11.8 Å². The van der Waals surface area contributed by atoms with E-state index in [1.54, 1.807) is 4.90 Å². The summed E-state index contributed by atoms with van der Waals surface area (Å²) in [7, 11) is 1.86. The predicted octanol–water partition coefficient (Wildman–Crippen LogP) is 2.56. The van der Waals surface area contributed by atoms with Gasteiger partial charge in [-0.15, -0.1) is 0 Å². The molecule has 1 aromatic carbocycles. The summed E-state index contributed by atoms with van der Waals surface area (Å²) in [6, 6.07) is 4.34. The first-order chi connectivity index (χ1) is 8.90. The van der Waals surface area contributed by atoms with E-state index in [2.05, 4.69) is 32.9 Å². The lowest BCUT2D eigenvalue weighted by atomic mass is 9.98. The van der Waals surface area contributed by atoms with Gasteiger partial charge in [-0.25, -0.2) is 0 Å². The first-order valence-corrected chi connectivity index (χ1v) is 6.92. The normalized spacial score (nSPS) is 12.3. The van der Waals surface area contributed by atoms with Crippen molar-refractivity contribution in [3.63, 3.8) is 0 Å². The topological polar surface area (TPSA) is 46.3 Å². The average Bonchev–Trinajstić information content (AvgIpc) is 2.34. The van der Waals surface area contributed by atoms with Crippen molar-refractivity contribution in [2.45, 2.75) is 40.7 Å². The fourth-order valence-corrected chi connectivity index (χ4v) is 2.53. The molecule has 106 valence electrons. The van der Waals surface area contributed by atoms with Crippen molar-refractivity contribution in [2.75, 3.05) is 13.6 Å². The van der Waals surface area contributed by atoms with Crippen LogP contribution in [-0.2, 0) is 11.3 Å². The van der Waals surface area contributed by atoms with Gasteiger partial charge in [-0.3, -0.25) is 4.79 Å². The molecule has 1 amide bonds. The van der Waals surface area contributed by atoms with Gasteiger partial charge in [0.15, 0.2) is 0 Å². The number of nitrogens with two attached hydrogens (primary N) is 1. The third-order valence-corrected chi connectivity index (χ3v) is 3.74. The fraction of sp³-hybridized carbons (Fsp3) is 0.562. The molecule has 0 heterocycles. The van der Waals surface area contributed by atoms with Crippen LogP contribution in [0.5, 0.6) is 0 Å². The standard InChI is InChI=1S/C16H26N2O/c1-6-14(9-17)16(19)18(5)10-15-12(3)7-11(2)8-13(15)4/h7-8,14H,6,9-10,17H2,1-5H3. The molecule has 0 saturated carbocycles. The van der Waals surface area contributed by atoms with Crippen LogP contribution in [0.3, 0.4) is 0 Å². The molecule has 19 heavy (non-hydrogen) atoms. The van der Waals surface area contributed by atoms with Crippen molar-refractivity contribution < 1.29 is 4.79 Å². The molecule has 0 fully saturated rings. The number of hydrogen-bond donors (Lipinski definition) is 1. The quantitative estimate of drug-likeness (QED) is 0.886. The SMILES string of the molecule is CCC(CN)C(=O)N(C)Cc1c(C)cc(C)cc1C. The van der Waals surface area contributed by atoms with E-state index >= 15 is 0 Å². The van der Waals surface area contributed by atoms with Crippen LogP contribution in [0.25, 0.3) is 0 Å². The van der Waals surface area contributed by atoms with Gasteiger partial charge in [-0.1, -0.05) is 24.6 Å². The van der Waals surface area contributed by atoms with Crippen molar-refractivity contribution in [1.29, 1.82) is 0 Å². The Morgan fingerprint density at radius 1 is 1.26 bits per heavy atom. The number of carbonyl (C=O) groups excluding carboxylic acids is 1. The smallest absolute Gasteiger partial charge is 0.226 e. The Labute approximate surface area is 116 Å². The van der Waals surface area contributed by atoms with Crippen molar-refractivity contribution in [1.82, 2.24) is 4.90 Å². The molecule has 3 heteroatoms. The molecule has 0 aliphatic carbocycles. The Morgan fingerprint density at radius 2 is 1.79 bits per heavy atom. The van der Waals surface area contributed by atoms with Crippen LogP contribution in [0.4, 0.5) is 0 Å². The molecule has 0 aromatic heterocycles. The van der Waals surface area contributed by atoms with Crippen LogP contribution in [0.2, 0.25) is 0 Å². The first-order valence-electron chi connectivity index (χ1n) is 6.92. The minimum atomic E-state index is -0.0592. The Balaban J connectivity index is 2.88. The average molecular weight is 262 g/mol. The van der Waals surface area contributed by atoms with Crippen LogP contribution in [0.15, 0.2) is 12.1 Å². The number of benzene rings is 1. The number of aryl methyl sites for hydroxylation is 3. The van der Waals surface area contributed by atoms with Gasteiger partial charge in [-0.2, -0.15) is 0 Å². The number of nitrogens with zero attached hydrogens (tertiary/aromatic N) is 1. The van der Waals surface area contributed by atoms with Gasteiger partial charge in [0.1, 0.15) is 0 Å². The number of hydrogen-bond acceptors (Lipinski definition) is 2. The summed E-state index contributed by atoms with van der Waals surface area (Å²) in [5.74, 6) is 0.0837. The summed E-state index contributed by atoms with van der Waals surface area (Å²) in [4.78, 5) is 14.0. The third kappa shape index (κ3) is 3.80. The molecule has 3 nitrogen and oxygen atoms in total. The van der Waals surface area contributed by atoms with Crippen molar-refractivity contribution in [3.8, 4) is 0 Å². The second-order valence-electron chi connectivity index (χ2n) is 5.41. The predicted molar refractivity (Wildman–Crippen MR) is 80.0 cm³/mol. The van der Waals surface area contributed by atoms with Crippen LogP contribution in [0, 0.1) is 26.7 Å². The van der Waals surface area contributed by atoms with E-state index in [0.29, 0.717) is 13.1 Å². The Kier molecular flexibility index (Phi) is 5.55. The summed E-state index contributed by atoms with van der Waals surface area (Å²) in [6.07, 6.45) is 0.797. The van der Waals surface area contributed by atoms with E-state index in [0.717, 1.165) is 6.42 Å². The summed E-state index contributed by atoms with van der Waals surface area (Å²) in [5.41, 5.74) is 10.7. The molecule has 2 N–H and O–H groups in total. The van der Waals surface area contributed by atoms with Gasteiger partial charge >= 0.3 is 0 Å². The number of amides is 1. The molecular formula is C16H26N2O. The third-order valence-electron chi connectivity index (χ3n) is 3.74. The molecule has 0 radical (unpaired) electrons. The van der Waals surface area contributed by atoms with Gasteiger partial charge in [0, 0.05) is 20.1 Å². The second-order valence-corrected chi connectivity index (χ2v) is 5.41. The van der Waals surface area contributed by atoms with E-state index in [1.807, 2.05) is 14.0 Å². The first kappa shape index (κ1) is 15.7. The van der Waals surface area contributed by atoms with Crippen molar-refractivity contribution in [3.05, 3.63) is 34.4 Å². The highest BCUT2D eigenvalue weighted by Crippen LogP contribution is 2.19. The molecule has 1 aromatic rings. The zero-order chi connectivity index (χ0) is 14.6. The lowest BCUT2D eigenvalue weighted by molar-refractivity contribution is -0.134. The van der Waals surface area contributed by atoms with E-state index in [9.17, 15) is 4.79 Å². The van der Waals surface area contributed by atoms with Crippen LogP contribution in [-0.4, -0.2) is 24.4 Å². The Morgan fingerprint density at radius 3 is 2.21 bits per heavy atom. The van der Waals surface area contributed by atoms with Crippen LogP contribution in [0.1, 0.15) is 35.6 Å². The number of rotatable bonds is 5. The second kappa shape index (κ2) is 6.71. The molecule has 1 atom stereocenters. The number of carbonyl (C=O) groups is 1. The lowest BCUT2D eigenvalue weighted by Crippen LogP contribution is -2.36. The molecule has 0 spiro atoms. The Hall–Kier alpha value is -1.35. The molecule has 0 aliphatic heterocycles. The largest absolute Gasteiger partial charge is 0.341 e. The summed E-state index contributed by atoms with van der Waals surface area (Å²) >= 11 is 0. The Bertz CT molecular complexity index is 427. The van der Waals surface area contributed by atoms with Gasteiger partial charge < -0.3 is 10.6 Å². The zero-order valence-electron chi connectivity index (χ0n) is 12.8. The molecule has 1 rings (SSSR count). The van der Waals surface area contributed by atoms with Crippen molar-refractivity contribution in [2.24, 2.45) is 11.7 Å². The van der Waals surface area contributed by atoms with Gasteiger partial charge in [0.25, 0.3) is 0 Å². The molecule has 0 aliphatic rings. The highest BCUT2D eigenvalue weighted by atomic mass is 16.2. The monoisotopic (exact) mass is 262 g/mol. The molecule has 0 saturated heterocycles. The minimum Gasteiger partial charge on any atom is -0.341 e. The lowest BCUT2D eigenvalue weighted by Gasteiger charge is -2.24. The molecule has 1 unspecified atom stereocenters. The van der Waals surface area contributed by atoms with Gasteiger partial charge in [-0.05, 0) is 43.9 Å². The summed E-state index contributed by atoms with van der Waals surface area (Å²) < 4.78 is 0. The maximum Gasteiger partial charge on any atom is 0.226 e. The summed E-state index contributed by atoms with van der Waals surface area (Å²) in [5, 5.41) is 0. The van der Waals surface area contributed by atoms with Crippen LogP contribution < -0.4 is 5.73 Å². The maximum absolute atomic E-state index is 12.2. The molecular weight excluding hydrogens is 236 g/mol. The highest BCUT2D eigenvalue weighted by molar-refractivity contribution is 5.78.